The average molecular weight is 423 g/mol. The van der Waals surface area contributed by atoms with Gasteiger partial charge < -0.3 is 14.8 Å². The Kier molecular flexibility index (Phi) is 4.51. The van der Waals surface area contributed by atoms with Crippen molar-refractivity contribution < 1.29 is 14.3 Å². The zero-order valence-corrected chi connectivity index (χ0v) is 17.4. The van der Waals surface area contributed by atoms with Gasteiger partial charge in [0.15, 0.2) is 5.78 Å². The van der Waals surface area contributed by atoms with Gasteiger partial charge in [0.1, 0.15) is 17.3 Å². The van der Waals surface area contributed by atoms with Crippen molar-refractivity contribution in [3.8, 4) is 11.5 Å². The van der Waals surface area contributed by atoms with Gasteiger partial charge in [0.05, 0.1) is 25.7 Å². The first-order valence-electron chi connectivity index (χ1n) is 9.69. The van der Waals surface area contributed by atoms with Crippen molar-refractivity contribution in [3.05, 3.63) is 73.3 Å². The minimum atomic E-state index is -0.534. The Morgan fingerprint density at radius 3 is 2.67 bits per heavy atom. The summed E-state index contributed by atoms with van der Waals surface area (Å²) in [6.07, 6.45) is 1.12. The van der Waals surface area contributed by atoms with Gasteiger partial charge in [-0.15, -0.1) is 11.3 Å². The third kappa shape index (κ3) is 2.87. The van der Waals surface area contributed by atoms with Crippen LogP contribution in [0, 0.1) is 0 Å². The molecule has 7 nitrogen and oxygen atoms in total. The van der Waals surface area contributed by atoms with Crippen molar-refractivity contribution in [2.24, 2.45) is 0 Å². The molecule has 0 bridgehead atoms. The Hall–Kier alpha value is -3.26. The van der Waals surface area contributed by atoms with Crippen molar-refractivity contribution in [2.75, 3.05) is 19.5 Å². The highest BCUT2D eigenvalue weighted by Crippen LogP contribution is 2.49. The van der Waals surface area contributed by atoms with E-state index in [2.05, 4.69) is 21.6 Å². The second-order valence-corrected chi connectivity index (χ2v) is 8.45. The van der Waals surface area contributed by atoms with Gasteiger partial charge in [-0.25, -0.2) is 0 Å². The number of hydrogen-bond acceptors (Lipinski definition) is 6. The van der Waals surface area contributed by atoms with Crippen LogP contribution in [-0.2, 0) is 4.79 Å². The molecule has 0 saturated heterocycles. The molecule has 8 heteroatoms. The monoisotopic (exact) mass is 423 g/mol. The molecule has 0 radical (unpaired) electrons. The van der Waals surface area contributed by atoms with Crippen LogP contribution in [-0.4, -0.2) is 30.2 Å². The molecule has 1 aliphatic heterocycles. The number of aromatic amines is 2. The lowest BCUT2D eigenvalue weighted by atomic mass is 9.73. The summed E-state index contributed by atoms with van der Waals surface area (Å²) < 4.78 is 11.0. The Bertz CT molecular complexity index is 1210. The number of carbonyl (C=O) groups is 1. The van der Waals surface area contributed by atoms with Gasteiger partial charge in [-0.1, -0.05) is 6.07 Å². The van der Waals surface area contributed by atoms with Gasteiger partial charge in [-0.2, -0.15) is 0 Å². The van der Waals surface area contributed by atoms with E-state index < -0.39 is 5.92 Å². The fraction of sp³-hybridized carbons (Fsp3) is 0.273. The minimum absolute atomic E-state index is 0.0447. The van der Waals surface area contributed by atoms with Crippen LogP contribution in [0.5, 0.6) is 11.5 Å². The van der Waals surface area contributed by atoms with E-state index in [1.54, 1.807) is 37.7 Å². The number of thiophene rings is 1. The molecule has 3 heterocycles. The van der Waals surface area contributed by atoms with Gasteiger partial charge >= 0.3 is 0 Å². The fourth-order valence-electron chi connectivity index (χ4n) is 4.52. The van der Waals surface area contributed by atoms with Crippen molar-refractivity contribution in [3.63, 3.8) is 0 Å². The third-order valence-electron chi connectivity index (χ3n) is 5.87. The molecule has 1 aliphatic carbocycles. The van der Waals surface area contributed by atoms with Crippen LogP contribution in [0.1, 0.15) is 40.7 Å². The SMILES string of the molecule is COc1ccc(OC)c(C2C3=C(CC(c4cccs4)CC3=O)Nc3[nH][nH]c(=O)c32)c1. The number of methoxy groups -OCH3 is 2. The van der Waals surface area contributed by atoms with Gasteiger partial charge in [0.25, 0.3) is 5.56 Å². The summed E-state index contributed by atoms with van der Waals surface area (Å²) in [7, 11) is 3.17. The van der Waals surface area contributed by atoms with E-state index in [0.717, 1.165) is 11.3 Å². The molecule has 0 spiro atoms. The van der Waals surface area contributed by atoms with Gasteiger partial charge in [0, 0.05) is 34.0 Å². The topological polar surface area (TPSA) is 96.2 Å². The second-order valence-electron chi connectivity index (χ2n) is 7.47. The van der Waals surface area contributed by atoms with Crippen molar-refractivity contribution >= 4 is 22.9 Å². The Morgan fingerprint density at radius 2 is 1.93 bits per heavy atom. The van der Waals surface area contributed by atoms with E-state index in [-0.39, 0.29) is 17.3 Å². The number of rotatable bonds is 4. The summed E-state index contributed by atoms with van der Waals surface area (Å²) in [4.78, 5) is 27.3. The number of H-pyrrole nitrogens is 2. The van der Waals surface area contributed by atoms with Crippen LogP contribution in [0.4, 0.5) is 5.82 Å². The second kappa shape index (κ2) is 7.21. The van der Waals surface area contributed by atoms with E-state index in [0.29, 0.717) is 41.3 Å². The van der Waals surface area contributed by atoms with Crippen LogP contribution in [0.3, 0.4) is 0 Å². The molecule has 2 aliphatic rings. The number of Topliss-reactive ketones (excluding diaryl/α,β-unsaturated/α-hetero) is 1. The maximum atomic E-state index is 13.4. The summed E-state index contributed by atoms with van der Waals surface area (Å²) in [5.74, 6) is 1.47. The Morgan fingerprint density at radius 1 is 1.07 bits per heavy atom. The fourth-order valence-corrected chi connectivity index (χ4v) is 5.35. The molecule has 0 amide bonds. The van der Waals surface area contributed by atoms with Crippen LogP contribution in [0.25, 0.3) is 0 Å². The van der Waals surface area contributed by atoms with Crippen LogP contribution in [0.15, 0.2) is 51.8 Å². The molecular formula is C22H21N3O4S. The summed E-state index contributed by atoms with van der Waals surface area (Å²) in [6.45, 7) is 0. The molecule has 5 rings (SSSR count). The lowest BCUT2D eigenvalue weighted by molar-refractivity contribution is -0.116. The Labute approximate surface area is 176 Å². The van der Waals surface area contributed by atoms with Crippen LogP contribution in [0.2, 0.25) is 0 Å². The molecule has 2 unspecified atom stereocenters. The number of anilines is 1. The maximum Gasteiger partial charge on any atom is 0.270 e. The van der Waals surface area contributed by atoms with Crippen molar-refractivity contribution in [1.82, 2.24) is 10.2 Å². The smallest absolute Gasteiger partial charge is 0.270 e. The lowest BCUT2D eigenvalue weighted by Crippen LogP contribution is -2.31. The highest BCUT2D eigenvalue weighted by molar-refractivity contribution is 7.10. The number of aromatic nitrogens is 2. The van der Waals surface area contributed by atoms with Crippen molar-refractivity contribution in [2.45, 2.75) is 24.7 Å². The molecule has 2 atom stereocenters. The molecule has 0 fully saturated rings. The summed E-state index contributed by atoms with van der Waals surface area (Å²) >= 11 is 1.67. The largest absolute Gasteiger partial charge is 0.497 e. The molecule has 2 aromatic heterocycles. The number of allylic oxidation sites excluding steroid dienone is 2. The first-order chi connectivity index (χ1) is 14.6. The maximum absolute atomic E-state index is 13.4. The number of hydrogen-bond donors (Lipinski definition) is 3. The molecule has 0 saturated carbocycles. The van der Waals surface area contributed by atoms with Gasteiger partial charge in [0.2, 0.25) is 0 Å². The summed E-state index contributed by atoms with van der Waals surface area (Å²) in [5.41, 5.74) is 2.45. The van der Waals surface area contributed by atoms with Gasteiger partial charge in [-0.05, 0) is 36.1 Å². The first-order valence-corrected chi connectivity index (χ1v) is 10.6. The molecule has 3 aromatic rings. The lowest BCUT2D eigenvalue weighted by Gasteiger charge is -2.34. The normalized spacial score (nSPS) is 20.4. The Balaban J connectivity index is 1.70. The van der Waals surface area contributed by atoms with E-state index in [9.17, 15) is 9.59 Å². The zero-order chi connectivity index (χ0) is 20.8. The molecule has 3 N–H and O–H groups in total. The highest BCUT2D eigenvalue weighted by atomic mass is 32.1. The predicted octanol–water partition coefficient (Wildman–Crippen LogP) is 3.74. The molecular weight excluding hydrogens is 402 g/mol. The van der Waals surface area contributed by atoms with Crippen LogP contribution >= 0.6 is 11.3 Å². The van der Waals surface area contributed by atoms with E-state index in [1.165, 1.54) is 4.88 Å². The van der Waals surface area contributed by atoms with Gasteiger partial charge in [-0.3, -0.25) is 19.8 Å². The number of fused-ring (bicyclic) bond motifs is 1. The zero-order valence-electron chi connectivity index (χ0n) is 16.6. The first kappa shape index (κ1) is 18.7. The number of nitrogens with one attached hydrogen (secondary N) is 3. The number of ether oxygens (including phenoxy) is 2. The van der Waals surface area contributed by atoms with E-state index in [4.69, 9.17) is 9.47 Å². The van der Waals surface area contributed by atoms with Crippen molar-refractivity contribution in [1.29, 1.82) is 0 Å². The molecule has 1 aromatic carbocycles. The quantitative estimate of drug-likeness (QED) is 0.594. The highest BCUT2D eigenvalue weighted by Gasteiger charge is 2.41. The molecule has 30 heavy (non-hydrogen) atoms. The third-order valence-corrected chi connectivity index (χ3v) is 6.90. The predicted molar refractivity (Wildman–Crippen MR) is 115 cm³/mol. The minimum Gasteiger partial charge on any atom is -0.497 e. The average Bonchev–Trinajstić information content (AvgIpc) is 3.42. The number of ketones is 1. The number of carbonyl (C=O) groups excluding carboxylic acids is 1. The summed E-state index contributed by atoms with van der Waals surface area (Å²) in [5, 5.41) is 10.9. The van der Waals surface area contributed by atoms with E-state index >= 15 is 0 Å². The van der Waals surface area contributed by atoms with Crippen LogP contribution < -0.4 is 20.3 Å². The molecule has 154 valence electrons. The summed E-state index contributed by atoms with van der Waals surface area (Å²) in [6, 6.07) is 9.53. The number of benzene rings is 1. The standard InChI is InChI=1S/C22H21N3O4S/c1-28-12-5-6-16(29-2)13(10-12)18-19-14(23-21-20(18)22(27)25-24-21)8-11(9-15(19)26)17-4-3-7-30-17/h3-7,10-11,18H,8-9H2,1-2H3,(H3,23,24,25,27). The van der Waals surface area contributed by atoms with E-state index in [1.807, 2.05) is 17.5 Å².